The molecule has 0 radical (unpaired) electrons. The van der Waals surface area contributed by atoms with E-state index in [1.165, 1.54) is 16.6 Å². The second-order valence-corrected chi connectivity index (χ2v) is 5.78. The van der Waals surface area contributed by atoms with Crippen molar-refractivity contribution in [1.82, 2.24) is 0 Å². The fraction of sp³-hybridized carbons (Fsp3) is 0. The normalized spacial score (nSPS) is 13.2. The van der Waals surface area contributed by atoms with E-state index in [1.807, 2.05) is 14.6 Å². The minimum atomic E-state index is -1.23. The van der Waals surface area contributed by atoms with E-state index >= 15 is 0 Å². The van der Waals surface area contributed by atoms with Crippen LogP contribution in [0.15, 0.2) is 31.2 Å². The first-order valence-corrected chi connectivity index (χ1v) is 6.99. The summed E-state index contributed by atoms with van der Waals surface area (Å²) in [7, 11) is 0. The molecule has 0 atom stereocenters. The molecule has 0 saturated heterocycles. The van der Waals surface area contributed by atoms with Crippen LogP contribution in [0.1, 0.15) is 0 Å². The Bertz CT molecular complexity index is 123. The van der Waals surface area contributed by atoms with Crippen LogP contribution in [0.3, 0.4) is 0 Å². The summed E-state index contributed by atoms with van der Waals surface area (Å²) in [6.45, 7) is 0. The van der Waals surface area contributed by atoms with Crippen molar-refractivity contribution >= 4 is 49.5 Å². The standard InChI is InChI=1S/C6H6AsCl3/c8-4-1-7(2-5-9)3-6-10/h1-6H/b4-1-,5-2-,6-3+. The van der Waals surface area contributed by atoms with Crippen LogP contribution in [-0.4, -0.2) is 14.7 Å². The molecule has 0 aliphatic heterocycles. The van der Waals surface area contributed by atoms with E-state index in [2.05, 4.69) is 0 Å². The zero-order valence-electron chi connectivity index (χ0n) is 5.05. The van der Waals surface area contributed by atoms with Crippen LogP contribution in [0, 0.1) is 0 Å². The van der Waals surface area contributed by atoms with Gasteiger partial charge < -0.3 is 0 Å². The van der Waals surface area contributed by atoms with E-state index in [9.17, 15) is 0 Å². The number of hydrogen-bond donors (Lipinski definition) is 0. The topological polar surface area (TPSA) is 0 Å². The Morgan fingerprint density at radius 1 is 0.700 bits per heavy atom. The first-order chi connectivity index (χ1) is 4.85. The predicted molar refractivity (Wildman–Crippen MR) is 50.7 cm³/mol. The third-order valence-corrected chi connectivity index (χ3v) is 5.32. The van der Waals surface area contributed by atoms with Gasteiger partial charge in [-0.2, -0.15) is 0 Å². The molecule has 0 N–H and O–H groups in total. The van der Waals surface area contributed by atoms with Crippen LogP contribution in [0.4, 0.5) is 0 Å². The molecule has 10 heavy (non-hydrogen) atoms. The van der Waals surface area contributed by atoms with Gasteiger partial charge in [-0.05, 0) is 0 Å². The average Bonchev–Trinajstić information content (AvgIpc) is 1.90. The molecule has 4 heteroatoms. The Labute approximate surface area is 80.4 Å². The number of hydrogen-bond acceptors (Lipinski definition) is 0. The molecule has 0 unspecified atom stereocenters. The zero-order valence-corrected chi connectivity index (χ0v) is 9.19. The Morgan fingerprint density at radius 3 is 1.20 bits per heavy atom. The molecular formula is C6H6AsCl3. The van der Waals surface area contributed by atoms with Gasteiger partial charge in [-0.25, -0.2) is 0 Å². The molecule has 0 aliphatic rings. The molecule has 56 valence electrons. The van der Waals surface area contributed by atoms with Crippen LogP contribution in [0.25, 0.3) is 0 Å². The molecule has 0 aliphatic carbocycles. The van der Waals surface area contributed by atoms with Crippen LogP contribution < -0.4 is 0 Å². The summed E-state index contributed by atoms with van der Waals surface area (Å²) in [4.78, 5) is 5.73. The summed E-state index contributed by atoms with van der Waals surface area (Å²) < 4.78 is 0. The average molecular weight is 259 g/mol. The molecule has 0 amide bonds. The second-order valence-electron chi connectivity index (χ2n) is 1.27. The summed E-state index contributed by atoms with van der Waals surface area (Å²) in [5.41, 5.74) is 4.48. The second kappa shape index (κ2) is 7.75. The van der Waals surface area contributed by atoms with Gasteiger partial charge in [-0.15, -0.1) is 0 Å². The van der Waals surface area contributed by atoms with Gasteiger partial charge in [0.2, 0.25) is 0 Å². The van der Waals surface area contributed by atoms with Gasteiger partial charge in [0.15, 0.2) is 0 Å². The molecule has 0 heterocycles. The van der Waals surface area contributed by atoms with E-state index in [-0.39, 0.29) is 0 Å². The van der Waals surface area contributed by atoms with E-state index in [0.29, 0.717) is 0 Å². The maximum absolute atomic E-state index is 5.37. The molecule has 0 nitrogen and oxygen atoms in total. The Hall–Kier alpha value is 0.648. The molecule has 0 bridgehead atoms. The molecule has 0 aromatic carbocycles. The zero-order chi connectivity index (χ0) is 7.82. The molecule has 0 fully saturated rings. The van der Waals surface area contributed by atoms with Gasteiger partial charge in [0, 0.05) is 0 Å². The van der Waals surface area contributed by atoms with Crippen molar-refractivity contribution in [3.63, 3.8) is 0 Å². The molecule has 0 rings (SSSR count). The first-order valence-electron chi connectivity index (χ1n) is 2.43. The molecule has 0 saturated carbocycles. The van der Waals surface area contributed by atoms with Crippen molar-refractivity contribution in [3.05, 3.63) is 31.2 Å². The van der Waals surface area contributed by atoms with Crippen LogP contribution in [0.5, 0.6) is 0 Å². The van der Waals surface area contributed by atoms with Gasteiger partial charge in [0.25, 0.3) is 0 Å². The van der Waals surface area contributed by atoms with Crippen LogP contribution in [0.2, 0.25) is 0 Å². The Balaban J connectivity index is 3.97. The maximum atomic E-state index is 5.37. The van der Waals surface area contributed by atoms with Gasteiger partial charge in [0.05, 0.1) is 0 Å². The Kier molecular flexibility index (Phi) is 8.25. The number of rotatable bonds is 3. The fourth-order valence-electron chi connectivity index (χ4n) is 0.344. The number of halogens is 3. The third-order valence-electron chi connectivity index (χ3n) is 0.685. The Morgan fingerprint density at radius 2 is 1.00 bits per heavy atom. The summed E-state index contributed by atoms with van der Waals surface area (Å²) in [6.07, 6.45) is 0. The van der Waals surface area contributed by atoms with Crippen LogP contribution in [-0.2, 0) is 0 Å². The van der Waals surface area contributed by atoms with Crippen molar-refractivity contribution in [3.8, 4) is 0 Å². The SMILES string of the molecule is Cl/C=C\[As](/C=C\Cl)/C=C/Cl. The third kappa shape index (κ3) is 5.43. The monoisotopic (exact) mass is 258 g/mol. The van der Waals surface area contributed by atoms with E-state index in [4.69, 9.17) is 34.8 Å². The van der Waals surface area contributed by atoms with Crippen molar-refractivity contribution in [1.29, 1.82) is 0 Å². The summed E-state index contributed by atoms with van der Waals surface area (Å²) in [5, 5.41) is 0. The van der Waals surface area contributed by atoms with E-state index in [1.54, 1.807) is 0 Å². The first kappa shape index (κ1) is 10.6. The molecule has 0 aromatic rings. The summed E-state index contributed by atoms with van der Waals surface area (Å²) >= 11 is 14.9. The van der Waals surface area contributed by atoms with Gasteiger partial charge in [-0.1, -0.05) is 0 Å². The van der Waals surface area contributed by atoms with Gasteiger partial charge in [0.1, 0.15) is 0 Å². The summed E-state index contributed by atoms with van der Waals surface area (Å²) in [5.74, 6) is 0. The van der Waals surface area contributed by atoms with E-state index < -0.39 is 14.7 Å². The van der Waals surface area contributed by atoms with Gasteiger partial charge >= 0.3 is 80.7 Å². The van der Waals surface area contributed by atoms with Crippen LogP contribution >= 0.6 is 34.8 Å². The van der Waals surface area contributed by atoms with Crippen molar-refractivity contribution < 1.29 is 0 Å². The molecule has 0 aromatic heterocycles. The predicted octanol–water partition coefficient (Wildman–Crippen LogP) is 3.36. The molecule has 0 spiro atoms. The summed E-state index contributed by atoms with van der Waals surface area (Å²) in [6, 6.07) is 0. The molecular weight excluding hydrogens is 253 g/mol. The van der Waals surface area contributed by atoms with E-state index in [0.717, 1.165) is 0 Å². The minimum absolute atomic E-state index is 1.23. The van der Waals surface area contributed by atoms with Crippen molar-refractivity contribution in [2.24, 2.45) is 0 Å². The van der Waals surface area contributed by atoms with Crippen molar-refractivity contribution in [2.45, 2.75) is 0 Å². The van der Waals surface area contributed by atoms with Crippen molar-refractivity contribution in [2.75, 3.05) is 0 Å². The quantitative estimate of drug-likeness (QED) is 0.682. The fourth-order valence-corrected chi connectivity index (χ4v) is 3.82. The van der Waals surface area contributed by atoms with Gasteiger partial charge in [-0.3, -0.25) is 0 Å².